The zero-order chi connectivity index (χ0) is 64.0. The predicted octanol–water partition coefficient (Wildman–Crippen LogP) is 13.5. The minimum absolute atomic E-state index is 0. The van der Waals surface area contributed by atoms with Crippen molar-refractivity contribution >= 4 is 46.0 Å². The molecule has 512 valence electrons. The van der Waals surface area contributed by atoms with Crippen molar-refractivity contribution in [1.29, 1.82) is 0 Å². The van der Waals surface area contributed by atoms with E-state index in [9.17, 15) is 4.79 Å². The van der Waals surface area contributed by atoms with E-state index in [2.05, 4.69) is 165 Å². The molecule has 1 aliphatic rings. The molecule has 0 atom stereocenters. The molecule has 0 saturated carbocycles. The number of anilines is 2. The van der Waals surface area contributed by atoms with Gasteiger partial charge in [0, 0.05) is 201 Å². The number of aromatic nitrogens is 15. The number of rotatable bonds is 10. The van der Waals surface area contributed by atoms with E-state index >= 15 is 0 Å². The number of thiophene rings is 1. The summed E-state index contributed by atoms with van der Waals surface area (Å²) in [7, 11) is 3.85. The minimum atomic E-state index is 0. The molecule has 0 bridgehead atoms. The van der Waals surface area contributed by atoms with Gasteiger partial charge < -0.3 is 39.1 Å². The number of aliphatic imine (C=N–C) groups is 1. The van der Waals surface area contributed by atoms with Gasteiger partial charge in [-0.25, -0.2) is 15.2 Å². The number of hydrogen-bond acceptors (Lipinski definition) is 15. The van der Waals surface area contributed by atoms with E-state index in [0.717, 1.165) is 56.9 Å². The van der Waals surface area contributed by atoms with Crippen LogP contribution in [-0.4, -0.2) is 74.2 Å². The van der Waals surface area contributed by atoms with Crippen LogP contribution in [0, 0.1) is 77.8 Å². The summed E-state index contributed by atoms with van der Waals surface area (Å²) in [5, 5.41) is 17.6. The van der Waals surface area contributed by atoms with Gasteiger partial charge in [0.15, 0.2) is 0 Å². The Morgan fingerprint density at radius 2 is 1.19 bits per heavy atom. The Labute approximate surface area is 659 Å². The first kappa shape index (κ1) is 82.7. The van der Waals surface area contributed by atoms with Gasteiger partial charge in [-0.15, -0.1) is 108 Å². The molecule has 0 aliphatic carbocycles. The molecule has 1 aliphatic heterocycles. The quantitative estimate of drug-likeness (QED) is 0.0716. The number of nitrogens with one attached hydrogen (secondary N) is 1. The first-order valence-corrected chi connectivity index (χ1v) is 30.4. The summed E-state index contributed by atoms with van der Waals surface area (Å²) in [6.45, 7) is 12.6. The van der Waals surface area contributed by atoms with Crippen molar-refractivity contribution in [2.75, 3.05) is 9.80 Å². The Bertz CT molecular complexity index is 4570. The van der Waals surface area contributed by atoms with Gasteiger partial charge in [0.25, 0.3) is 0 Å². The number of H-pyrrole nitrogens is 1. The molecule has 0 unspecified atom stereocenters. The average molecular weight is 2400 g/mol. The molecule has 0 amide bonds. The third-order valence-electron chi connectivity index (χ3n) is 13.7. The largest absolute Gasteiger partial charge is 0.509 e. The van der Waals surface area contributed by atoms with Crippen LogP contribution in [0.5, 0.6) is 0 Å². The molecule has 19 nitrogen and oxygen atoms in total. The van der Waals surface area contributed by atoms with Gasteiger partial charge >= 0.3 is 0 Å². The van der Waals surface area contributed by atoms with E-state index in [1.54, 1.807) is 77.7 Å². The first-order valence-electron chi connectivity index (χ1n) is 28.6. The fourth-order valence-corrected chi connectivity index (χ4v) is 10.7. The number of nitrogens with zero attached hydrogens (tertiary/aromatic N) is 17. The molecule has 1 N–H and O–H groups in total. The van der Waals surface area contributed by atoms with Gasteiger partial charge in [-0.3, -0.25) is 40.9 Å². The summed E-state index contributed by atoms with van der Waals surface area (Å²) < 4.78 is 12.6. The summed E-state index contributed by atoms with van der Waals surface area (Å²) in [5.74, 6) is 4.24. The third kappa shape index (κ3) is 22.4. The van der Waals surface area contributed by atoms with Crippen LogP contribution in [0.1, 0.15) is 27.8 Å². The summed E-state index contributed by atoms with van der Waals surface area (Å²) in [4.78, 5) is 42.6. The van der Waals surface area contributed by atoms with Crippen molar-refractivity contribution in [1.82, 2.24) is 68.2 Å². The molecular formula is C71H60Ir6N18OS2-6. The van der Waals surface area contributed by atoms with Crippen molar-refractivity contribution in [3.8, 4) is 62.7 Å². The molecule has 6 radical (unpaired) electrons. The Morgan fingerprint density at radius 3 is 1.70 bits per heavy atom. The van der Waals surface area contributed by atoms with Crippen LogP contribution in [-0.2, 0) is 140 Å². The topological polar surface area (TPSA) is 191 Å². The number of pyridine rings is 1. The first-order chi connectivity index (χ1) is 45.0. The molecular weight excluding hydrogens is 2340 g/mol. The summed E-state index contributed by atoms with van der Waals surface area (Å²) in [6.07, 6.45) is 31.4. The molecule has 10 heterocycles. The molecule has 98 heavy (non-hydrogen) atoms. The fraction of sp³-hybridized carbons (Fsp3) is 0.0986. The molecule has 0 fully saturated rings. The second-order valence-corrected chi connectivity index (χ2v) is 21.6. The maximum atomic E-state index is 10.2. The fourth-order valence-electron chi connectivity index (χ4n) is 9.62. The van der Waals surface area contributed by atoms with E-state index in [-0.39, 0.29) is 121 Å². The molecule has 5 aromatic carbocycles. The van der Waals surface area contributed by atoms with Crippen LogP contribution in [0.4, 0.5) is 17.1 Å². The number of aryl methyl sites for hydroxylation is 7. The van der Waals surface area contributed by atoms with Gasteiger partial charge in [0.1, 0.15) is 18.9 Å². The Balaban J connectivity index is 0.000000251. The summed E-state index contributed by atoms with van der Waals surface area (Å²) in [5.41, 5.74) is 15.2. The second-order valence-electron chi connectivity index (χ2n) is 20.2. The van der Waals surface area contributed by atoms with Crippen LogP contribution in [0.15, 0.2) is 230 Å². The van der Waals surface area contributed by atoms with Crippen LogP contribution >= 0.6 is 22.9 Å². The predicted molar refractivity (Wildman–Crippen MR) is 358 cm³/mol. The van der Waals surface area contributed by atoms with Crippen LogP contribution in [0.3, 0.4) is 0 Å². The Kier molecular flexibility index (Phi) is 35.7. The monoisotopic (exact) mass is 2400 g/mol. The van der Waals surface area contributed by atoms with Gasteiger partial charge in [-0.1, -0.05) is 59.4 Å². The second kappa shape index (κ2) is 42.3. The van der Waals surface area contributed by atoms with E-state index in [1.807, 2.05) is 166 Å². The molecule has 14 aromatic rings. The minimum Gasteiger partial charge on any atom is -0.509 e. The zero-order valence-corrected chi connectivity index (χ0v) is 69.3. The van der Waals surface area contributed by atoms with Crippen molar-refractivity contribution < 1.29 is 130 Å². The SMILES string of the molecule is Cc1cc(C)c(-n2ccnc2-c2[c-]cccc2)c(C)c1.Cc1cccc(C)c1-n1ccnc1-c1[c-]cccc1.Cn1ccnc1-c1[c-]ccnc1.Cn1cnnc1-c1[c-][nH+]sc1.O=C=Nc1ccc(N2C=CN(c3[c-]csc3)[CH-]2)cc1.[Ir].[Ir].[Ir].[Ir].[Ir].[Ir].[c-]1cncnc1-n1cccn1. The van der Waals surface area contributed by atoms with Gasteiger partial charge in [0.2, 0.25) is 6.08 Å². The number of isocyanates is 1. The van der Waals surface area contributed by atoms with Crippen molar-refractivity contribution in [3.05, 3.63) is 296 Å². The molecule has 0 saturated heterocycles. The van der Waals surface area contributed by atoms with Gasteiger partial charge in [-0.05, 0) is 111 Å². The molecule has 9 aromatic heterocycles. The number of imidazole rings is 3. The normalized spacial score (nSPS) is 10.4. The standard InChI is InChI=1S/C18H17N2.C17H15N2.C14H9N3OS.C9H8N3.C7H5N4.C6H6N4S.6Ir/c1-13-11-14(2)17(15(3)12-13)20-10-9-19-18(20)16-7-5-4-6-8-16;1-13-7-6-8-14(2)16(13)19-12-11-18-17(19)15-9-4-3-5-10-15;18-10-15-12-1-3-13(4-2-12)16-6-7-17(11-16)14-5-8-19-9-14;1-12-6-5-11-9(12)8-3-2-4-10-7-8;1-3-10-11(5-1)7-2-4-8-6-9-7;1-10-4-7-9-6(10)5-2-8-11-3-5;;;;;;/h4-7,9-12H,1-3H3;3-9,11-12H,1-2H3;1-4,6-9,11H;2,4-7H,1H3;1,3-6H;3-4,8H,1H3;;;;;;/q2*-1;-2;2*-1;;;;;;;. The van der Waals surface area contributed by atoms with Crippen LogP contribution < -0.4 is 14.2 Å². The molecule has 15 rings (SSSR count). The third-order valence-corrected chi connectivity index (χ3v) is 14.9. The van der Waals surface area contributed by atoms with E-state index in [4.69, 9.17) is 0 Å². The molecule has 27 heteroatoms. The Morgan fingerprint density at radius 1 is 0.561 bits per heavy atom. The van der Waals surface area contributed by atoms with Crippen molar-refractivity contribution in [2.24, 2.45) is 19.1 Å². The summed E-state index contributed by atoms with van der Waals surface area (Å²) in [6, 6.07) is 53.1. The van der Waals surface area contributed by atoms with Crippen LogP contribution in [0.25, 0.3) is 62.7 Å². The van der Waals surface area contributed by atoms with Gasteiger partial charge in [-0.2, -0.15) is 26.0 Å². The van der Waals surface area contributed by atoms with E-state index < -0.39 is 0 Å². The maximum absolute atomic E-state index is 10.2. The number of carbonyl (C=O) groups excluding carboxylic acids is 1. The maximum Gasteiger partial charge on any atom is 0.240 e. The van der Waals surface area contributed by atoms with Crippen molar-refractivity contribution in [2.45, 2.75) is 34.6 Å². The van der Waals surface area contributed by atoms with Gasteiger partial charge in [0.05, 0.1) is 40.5 Å². The average Bonchev–Trinajstić information content (AvgIpc) is 1.50. The number of aromatic amines is 1. The summed E-state index contributed by atoms with van der Waals surface area (Å²) >= 11 is 3.10. The van der Waals surface area contributed by atoms with Crippen LogP contribution in [0.2, 0.25) is 0 Å². The zero-order valence-electron chi connectivity index (χ0n) is 53.3. The number of para-hydroxylation sites is 1. The van der Waals surface area contributed by atoms with E-state index in [1.165, 1.54) is 63.1 Å². The smallest absolute Gasteiger partial charge is 0.240 e. The van der Waals surface area contributed by atoms with E-state index in [0.29, 0.717) is 11.5 Å². The molecule has 0 spiro atoms. The van der Waals surface area contributed by atoms with Crippen molar-refractivity contribution in [3.63, 3.8) is 0 Å². The Hall–Kier alpha value is -7.74. The number of benzene rings is 5. The number of hydrogen-bond donors (Lipinski definition) is 0.